The Bertz CT molecular complexity index is 636. The fraction of sp³-hybridized carbons (Fsp3) is 0.583. The Hall–Kier alpha value is -2.30. The number of rotatable bonds is 15. The third-order valence-electron chi connectivity index (χ3n) is 4.56. The standard InChI is InChI=1S/C24H36O5/c1-4-5-6-7-8-9-10-11-12-13-18-28-23(25)16-17-24(26)29-22-19-20(2)14-15-21(22)27-3/h12-15,19H,4-11,16-18H2,1-3H3/b13-12+. The number of carbonyl (C=O) groups excluding carboxylic acids is 2. The molecule has 0 radical (unpaired) electrons. The maximum absolute atomic E-state index is 12.0. The fourth-order valence-corrected chi connectivity index (χ4v) is 2.86. The van der Waals surface area contributed by atoms with Crippen molar-refractivity contribution in [3.63, 3.8) is 0 Å². The number of esters is 2. The highest BCUT2D eigenvalue weighted by molar-refractivity contribution is 5.79. The van der Waals surface area contributed by atoms with Gasteiger partial charge in [0, 0.05) is 0 Å². The van der Waals surface area contributed by atoms with Gasteiger partial charge in [-0.1, -0.05) is 63.7 Å². The molecule has 0 aliphatic carbocycles. The first kappa shape index (κ1) is 24.7. The largest absolute Gasteiger partial charge is 0.493 e. The summed E-state index contributed by atoms with van der Waals surface area (Å²) in [5.41, 5.74) is 0.955. The molecule has 0 heterocycles. The van der Waals surface area contributed by atoms with Gasteiger partial charge in [0.1, 0.15) is 6.61 Å². The van der Waals surface area contributed by atoms with Crippen LogP contribution >= 0.6 is 0 Å². The molecule has 0 unspecified atom stereocenters. The normalized spacial score (nSPS) is 10.9. The lowest BCUT2D eigenvalue weighted by molar-refractivity contribution is -0.146. The van der Waals surface area contributed by atoms with Crippen molar-refractivity contribution in [3.05, 3.63) is 35.9 Å². The topological polar surface area (TPSA) is 61.8 Å². The van der Waals surface area contributed by atoms with Gasteiger partial charge >= 0.3 is 11.9 Å². The molecule has 0 aliphatic heterocycles. The highest BCUT2D eigenvalue weighted by atomic mass is 16.6. The van der Waals surface area contributed by atoms with Gasteiger partial charge in [-0.05, 0) is 37.5 Å². The molecule has 0 saturated heterocycles. The van der Waals surface area contributed by atoms with Crippen LogP contribution in [0.5, 0.6) is 11.5 Å². The molecule has 0 fully saturated rings. The van der Waals surface area contributed by atoms with Gasteiger partial charge in [0.25, 0.3) is 0 Å². The molecule has 5 nitrogen and oxygen atoms in total. The summed E-state index contributed by atoms with van der Waals surface area (Å²) in [4.78, 5) is 23.7. The molecule has 0 atom stereocenters. The van der Waals surface area contributed by atoms with Crippen LogP contribution in [0.1, 0.15) is 76.7 Å². The number of hydrogen-bond donors (Lipinski definition) is 0. The number of methoxy groups -OCH3 is 1. The third-order valence-corrected chi connectivity index (χ3v) is 4.56. The van der Waals surface area contributed by atoms with Gasteiger partial charge in [-0.25, -0.2) is 0 Å². The molecule has 0 amide bonds. The van der Waals surface area contributed by atoms with Crippen molar-refractivity contribution < 1.29 is 23.8 Å². The number of unbranched alkanes of at least 4 members (excludes halogenated alkanes) is 7. The van der Waals surface area contributed by atoms with Gasteiger partial charge in [-0.3, -0.25) is 9.59 Å². The highest BCUT2D eigenvalue weighted by Gasteiger charge is 2.13. The van der Waals surface area contributed by atoms with E-state index in [2.05, 4.69) is 13.0 Å². The summed E-state index contributed by atoms with van der Waals surface area (Å²) in [5.74, 6) is -0.0455. The van der Waals surface area contributed by atoms with Crippen LogP contribution in [0.2, 0.25) is 0 Å². The molecular formula is C24H36O5. The molecule has 0 aliphatic rings. The Balaban J connectivity index is 2.12. The van der Waals surface area contributed by atoms with Crippen molar-refractivity contribution in [1.29, 1.82) is 0 Å². The smallest absolute Gasteiger partial charge is 0.311 e. The van der Waals surface area contributed by atoms with E-state index in [1.54, 1.807) is 12.1 Å². The average Bonchev–Trinajstić information content (AvgIpc) is 2.70. The summed E-state index contributed by atoms with van der Waals surface area (Å²) in [6.07, 6.45) is 13.9. The van der Waals surface area contributed by atoms with E-state index in [9.17, 15) is 9.59 Å². The van der Waals surface area contributed by atoms with Gasteiger partial charge in [-0.15, -0.1) is 0 Å². The summed E-state index contributed by atoms with van der Waals surface area (Å²) < 4.78 is 15.6. The first-order chi connectivity index (χ1) is 14.1. The number of benzene rings is 1. The summed E-state index contributed by atoms with van der Waals surface area (Å²) in [6, 6.07) is 5.34. The number of ether oxygens (including phenoxy) is 3. The zero-order valence-corrected chi connectivity index (χ0v) is 18.2. The molecule has 1 aromatic rings. The molecule has 0 saturated carbocycles. The van der Waals surface area contributed by atoms with Crippen molar-refractivity contribution in [3.8, 4) is 11.5 Å². The lowest BCUT2D eigenvalue weighted by Crippen LogP contribution is -2.13. The van der Waals surface area contributed by atoms with E-state index in [1.807, 2.05) is 19.1 Å². The van der Waals surface area contributed by atoms with Gasteiger partial charge in [0.2, 0.25) is 0 Å². The number of allylic oxidation sites excluding steroid dienone is 1. The Morgan fingerprint density at radius 3 is 2.31 bits per heavy atom. The van der Waals surface area contributed by atoms with E-state index in [0.29, 0.717) is 11.5 Å². The fourth-order valence-electron chi connectivity index (χ4n) is 2.86. The second-order valence-electron chi connectivity index (χ2n) is 7.19. The minimum atomic E-state index is -0.486. The van der Waals surface area contributed by atoms with Crippen molar-refractivity contribution in [1.82, 2.24) is 0 Å². The Morgan fingerprint density at radius 1 is 0.897 bits per heavy atom. The van der Waals surface area contributed by atoms with E-state index in [1.165, 1.54) is 52.1 Å². The van der Waals surface area contributed by atoms with Crippen LogP contribution in [0.25, 0.3) is 0 Å². The van der Waals surface area contributed by atoms with E-state index in [0.717, 1.165) is 12.0 Å². The number of hydrogen-bond acceptors (Lipinski definition) is 5. The predicted octanol–water partition coefficient (Wildman–Crippen LogP) is 5.93. The lowest BCUT2D eigenvalue weighted by Gasteiger charge is -2.09. The molecule has 29 heavy (non-hydrogen) atoms. The maximum Gasteiger partial charge on any atom is 0.311 e. The van der Waals surface area contributed by atoms with Crippen LogP contribution in [0.15, 0.2) is 30.4 Å². The Labute approximate surface area is 175 Å². The van der Waals surface area contributed by atoms with Gasteiger partial charge in [0.15, 0.2) is 11.5 Å². The van der Waals surface area contributed by atoms with E-state index >= 15 is 0 Å². The molecule has 5 heteroatoms. The minimum Gasteiger partial charge on any atom is -0.493 e. The predicted molar refractivity (Wildman–Crippen MR) is 115 cm³/mol. The average molecular weight is 405 g/mol. The number of carbonyl (C=O) groups is 2. The summed E-state index contributed by atoms with van der Waals surface area (Å²) in [5, 5.41) is 0. The summed E-state index contributed by atoms with van der Waals surface area (Å²) in [6.45, 7) is 4.37. The van der Waals surface area contributed by atoms with E-state index < -0.39 is 11.9 Å². The van der Waals surface area contributed by atoms with Crippen molar-refractivity contribution >= 4 is 11.9 Å². The maximum atomic E-state index is 12.0. The zero-order chi connectivity index (χ0) is 21.3. The van der Waals surface area contributed by atoms with Crippen molar-refractivity contribution in [2.45, 2.75) is 78.1 Å². The third kappa shape index (κ3) is 12.0. The quantitative estimate of drug-likeness (QED) is 0.157. The SMILES string of the molecule is CCCCCCCCC/C=C/COC(=O)CCC(=O)Oc1cc(C)ccc1OC. The zero-order valence-electron chi connectivity index (χ0n) is 18.2. The van der Waals surface area contributed by atoms with Gasteiger partial charge in [-0.2, -0.15) is 0 Å². The van der Waals surface area contributed by atoms with Crippen molar-refractivity contribution in [2.75, 3.05) is 13.7 Å². The van der Waals surface area contributed by atoms with Crippen LogP contribution in [0.3, 0.4) is 0 Å². The molecule has 0 N–H and O–H groups in total. The second-order valence-corrected chi connectivity index (χ2v) is 7.19. The molecular weight excluding hydrogens is 368 g/mol. The summed E-state index contributed by atoms with van der Waals surface area (Å²) >= 11 is 0. The number of aryl methyl sites for hydroxylation is 1. The second kappa shape index (κ2) is 15.6. The van der Waals surface area contributed by atoms with Crippen LogP contribution in [-0.2, 0) is 14.3 Å². The molecule has 0 spiro atoms. The van der Waals surface area contributed by atoms with E-state index in [-0.39, 0.29) is 19.4 Å². The Morgan fingerprint density at radius 2 is 1.59 bits per heavy atom. The van der Waals surface area contributed by atoms with E-state index in [4.69, 9.17) is 14.2 Å². The monoisotopic (exact) mass is 404 g/mol. The first-order valence-electron chi connectivity index (χ1n) is 10.7. The van der Waals surface area contributed by atoms with Gasteiger partial charge < -0.3 is 14.2 Å². The van der Waals surface area contributed by atoms with Crippen LogP contribution in [0.4, 0.5) is 0 Å². The van der Waals surface area contributed by atoms with Crippen molar-refractivity contribution in [2.24, 2.45) is 0 Å². The molecule has 162 valence electrons. The molecule has 1 rings (SSSR count). The van der Waals surface area contributed by atoms with Crippen LogP contribution in [-0.4, -0.2) is 25.7 Å². The molecule has 0 aromatic heterocycles. The van der Waals surface area contributed by atoms with Gasteiger partial charge in [0.05, 0.1) is 20.0 Å². The molecule has 0 bridgehead atoms. The lowest BCUT2D eigenvalue weighted by atomic mass is 10.1. The Kier molecular flexibility index (Phi) is 13.3. The first-order valence-corrected chi connectivity index (χ1v) is 10.7. The molecule has 1 aromatic carbocycles. The minimum absolute atomic E-state index is 0.00142. The van der Waals surface area contributed by atoms with Crippen LogP contribution in [0, 0.1) is 6.92 Å². The van der Waals surface area contributed by atoms with Crippen LogP contribution < -0.4 is 9.47 Å². The summed E-state index contributed by atoms with van der Waals surface area (Å²) in [7, 11) is 1.51. The highest BCUT2D eigenvalue weighted by Crippen LogP contribution is 2.28.